The Morgan fingerprint density at radius 1 is 1.29 bits per heavy atom. The number of nitrogens with zero attached hydrogens (tertiary/aromatic N) is 3. The average Bonchev–Trinajstić information content (AvgIpc) is 2.25. The molecule has 0 saturated carbocycles. The predicted molar refractivity (Wildman–Crippen MR) is 54.2 cm³/mol. The Hall–Kier alpha value is -1.06. The van der Waals surface area contributed by atoms with Crippen molar-refractivity contribution < 1.29 is 0 Å². The highest BCUT2D eigenvalue weighted by Crippen LogP contribution is 2.15. The van der Waals surface area contributed by atoms with Gasteiger partial charge in [0.25, 0.3) is 0 Å². The minimum atomic E-state index is 0.236. The van der Waals surface area contributed by atoms with E-state index in [9.17, 15) is 0 Å². The van der Waals surface area contributed by atoms with Crippen LogP contribution in [0.1, 0.15) is 32.1 Å². The Bertz CT molecular complexity index is 236. The van der Waals surface area contributed by atoms with Crippen LogP contribution in [0.25, 0.3) is 0 Å². The van der Waals surface area contributed by atoms with Crippen LogP contribution < -0.4 is 0 Å². The van der Waals surface area contributed by atoms with Crippen molar-refractivity contribution in [1.82, 2.24) is 4.90 Å². The number of hydrogen-bond donors (Lipinski definition) is 0. The van der Waals surface area contributed by atoms with Crippen LogP contribution in [0, 0.1) is 28.6 Å². The Balaban J connectivity index is 2.12. The summed E-state index contributed by atoms with van der Waals surface area (Å²) in [5, 5.41) is 17.2. The van der Waals surface area contributed by atoms with Gasteiger partial charge in [-0.2, -0.15) is 10.5 Å². The zero-order chi connectivity index (χ0) is 10.2. The van der Waals surface area contributed by atoms with Crippen molar-refractivity contribution >= 4 is 0 Å². The van der Waals surface area contributed by atoms with Crippen LogP contribution in [0.2, 0.25) is 0 Å². The van der Waals surface area contributed by atoms with E-state index in [1.165, 1.54) is 0 Å². The molecular formula is C11H17N3. The van der Waals surface area contributed by atoms with E-state index in [-0.39, 0.29) is 5.92 Å². The minimum absolute atomic E-state index is 0.236. The fourth-order valence-corrected chi connectivity index (χ4v) is 1.90. The molecule has 0 spiro atoms. The van der Waals surface area contributed by atoms with Gasteiger partial charge in [-0.05, 0) is 38.8 Å². The molecule has 0 amide bonds. The molecule has 1 unspecified atom stereocenters. The molecule has 1 atom stereocenters. The molecule has 76 valence electrons. The summed E-state index contributed by atoms with van der Waals surface area (Å²) in [6.07, 6.45) is 4.95. The van der Waals surface area contributed by atoms with Gasteiger partial charge in [-0.15, -0.1) is 0 Å². The van der Waals surface area contributed by atoms with Gasteiger partial charge in [0.2, 0.25) is 0 Å². The van der Waals surface area contributed by atoms with Crippen molar-refractivity contribution in [1.29, 1.82) is 10.5 Å². The number of hydrogen-bond acceptors (Lipinski definition) is 3. The minimum Gasteiger partial charge on any atom is -0.302 e. The molecule has 0 N–H and O–H groups in total. The molecule has 1 heterocycles. The second-order valence-corrected chi connectivity index (χ2v) is 3.88. The second-order valence-electron chi connectivity index (χ2n) is 3.88. The zero-order valence-electron chi connectivity index (χ0n) is 8.58. The number of likely N-dealkylation sites (tertiary alicyclic amines) is 1. The summed E-state index contributed by atoms with van der Waals surface area (Å²) in [6, 6.07) is 4.50. The van der Waals surface area contributed by atoms with E-state index in [0.717, 1.165) is 45.3 Å². The molecule has 0 radical (unpaired) electrons. The average molecular weight is 191 g/mol. The molecule has 0 bridgehead atoms. The van der Waals surface area contributed by atoms with Gasteiger partial charge in [0.05, 0.1) is 18.1 Å². The standard InChI is InChI=1S/C11H17N3/c12-6-2-1-3-7-14-8-4-5-11(9-13)10-14/h11H,1-5,7-8,10H2. The van der Waals surface area contributed by atoms with Gasteiger partial charge in [-0.25, -0.2) is 0 Å². The van der Waals surface area contributed by atoms with Gasteiger partial charge in [0, 0.05) is 13.0 Å². The lowest BCUT2D eigenvalue weighted by Crippen LogP contribution is -2.35. The summed E-state index contributed by atoms with van der Waals surface area (Å²) in [5.74, 6) is 0.236. The topological polar surface area (TPSA) is 50.8 Å². The molecule has 3 heteroatoms. The predicted octanol–water partition coefficient (Wildman–Crippen LogP) is 1.92. The number of piperidine rings is 1. The SMILES string of the molecule is N#CCCCCN1CCCC(C#N)C1. The van der Waals surface area contributed by atoms with Gasteiger partial charge >= 0.3 is 0 Å². The molecule has 0 aromatic carbocycles. The first-order chi connectivity index (χ1) is 6.86. The van der Waals surface area contributed by atoms with Crippen LogP contribution in [-0.2, 0) is 0 Å². The van der Waals surface area contributed by atoms with E-state index in [2.05, 4.69) is 17.0 Å². The van der Waals surface area contributed by atoms with E-state index in [0.29, 0.717) is 6.42 Å². The first-order valence-electron chi connectivity index (χ1n) is 5.35. The molecule has 3 nitrogen and oxygen atoms in total. The maximum absolute atomic E-state index is 8.80. The molecule has 14 heavy (non-hydrogen) atoms. The highest BCUT2D eigenvalue weighted by atomic mass is 15.1. The molecule has 1 aliphatic heterocycles. The maximum Gasteiger partial charge on any atom is 0.0669 e. The van der Waals surface area contributed by atoms with Gasteiger partial charge in [-0.3, -0.25) is 0 Å². The summed E-state index contributed by atoms with van der Waals surface area (Å²) in [5.41, 5.74) is 0. The molecule has 0 aromatic rings. The molecular weight excluding hydrogens is 174 g/mol. The van der Waals surface area contributed by atoms with Crippen molar-refractivity contribution in [2.75, 3.05) is 19.6 Å². The van der Waals surface area contributed by atoms with Crippen LogP contribution in [0.3, 0.4) is 0 Å². The van der Waals surface area contributed by atoms with Gasteiger partial charge in [0.1, 0.15) is 0 Å². The first-order valence-corrected chi connectivity index (χ1v) is 5.35. The highest BCUT2D eigenvalue weighted by Gasteiger charge is 2.18. The van der Waals surface area contributed by atoms with Crippen LogP contribution >= 0.6 is 0 Å². The van der Waals surface area contributed by atoms with Gasteiger partial charge in [0.15, 0.2) is 0 Å². The molecule has 1 rings (SSSR count). The fraction of sp³-hybridized carbons (Fsp3) is 0.818. The van der Waals surface area contributed by atoms with Crippen molar-refractivity contribution in [3.63, 3.8) is 0 Å². The van der Waals surface area contributed by atoms with Crippen LogP contribution in [0.4, 0.5) is 0 Å². The molecule has 1 saturated heterocycles. The maximum atomic E-state index is 8.80. The summed E-state index contributed by atoms with van der Waals surface area (Å²) >= 11 is 0. The summed E-state index contributed by atoms with van der Waals surface area (Å²) in [6.45, 7) is 3.12. The summed E-state index contributed by atoms with van der Waals surface area (Å²) < 4.78 is 0. The van der Waals surface area contributed by atoms with Crippen LogP contribution in [-0.4, -0.2) is 24.5 Å². The Labute approximate surface area is 85.9 Å². The molecule has 0 aliphatic carbocycles. The largest absolute Gasteiger partial charge is 0.302 e. The van der Waals surface area contributed by atoms with Crippen molar-refractivity contribution in [3.05, 3.63) is 0 Å². The van der Waals surface area contributed by atoms with Gasteiger partial charge in [-0.1, -0.05) is 0 Å². The third-order valence-electron chi connectivity index (χ3n) is 2.70. The quantitative estimate of drug-likeness (QED) is 0.638. The van der Waals surface area contributed by atoms with Crippen molar-refractivity contribution in [2.24, 2.45) is 5.92 Å². The van der Waals surface area contributed by atoms with E-state index >= 15 is 0 Å². The monoisotopic (exact) mass is 191 g/mol. The third-order valence-corrected chi connectivity index (χ3v) is 2.70. The number of unbranched alkanes of at least 4 members (excludes halogenated alkanes) is 2. The molecule has 0 aromatic heterocycles. The van der Waals surface area contributed by atoms with Crippen molar-refractivity contribution in [3.8, 4) is 12.1 Å². The van der Waals surface area contributed by atoms with Crippen LogP contribution in [0.5, 0.6) is 0 Å². The molecule has 1 fully saturated rings. The van der Waals surface area contributed by atoms with E-state index in [1.54, 1.807) is 0 Å². The number of rotatable bonds is 4. The lowest BCUT2D eigenvalue weighted by Gasteiger charge is -2.29. The zero-order valence-corrected chi connectivity index (χ0v) is 8.58. The smallest absolute Gasteiger partial charge is 0.0669 e. The fourth-order valence-electron chi connectivity index (χ4n) is 1.90. The van der Waals surface area contributed by atoms with E-state index in [4.69, 9.17) is 10.5 Å². The normalized spacial score (nSPS) is 22.6. The second kappa shape index (κ2) is 6.40. The Morgan fingerprint density at radius 2 is 2.14 bits per heavy atom. The van der Waals surface area contributed by atoms with Gasteiger partial charge < -0.3 is 4.90 Å². The highest BCUT2D eigenvalue weighted by molar-refractivity contribution is 4.88. The van der Waals surface area contributed by atoms with E-state index < -0.39 is 0 Å². The third kappa shape index (κ3) is 3.77. The lowest BCUT2D eigenvalue weighted by molar-refractivity contribution is 0.197. The molecule has 1 aliphatic rings. The van der Waals surface area contributed by atoms with Crippen molar-refractivity contribution in [2.45, 2.75) is 32.1 Å². The summed E-state index contributed by atoms with van der Waals surface area (Å²) in [7, 11) is 0. The lowest BCUT2D eigenvalue weighted by atomic mass is 9.99. The first kappa shape index (κ1) is 11.0. The summed E-state index contributed by atoms with van der Waals surface area (Å²) in [4.78, 5) is 2.36. The van der Waals surface area contributed by atoms with Crippen LogP contribution in [0.15, 0.2) is 0 Å². The Morgan fingerprint density at radius 3 is 2.86 bits per heavy atom. The Kier molecular flexibility index (Phi) is 5.04. The number of nitriles is 2. The van der Waals surface area contributed by atoms with E-state index in [1.807, 2.05) is 0 Å².